The number of hydrogen-bond donors (Lipinski definition) is 1. The molecule has 1 N–H and O–H groups in total. The maximum absolute atomic E-state index is 7.76. The van der Waals surface area contributed by atoms with Crippen LogP contribution in [0.5, 0.6) is 0 Å². The van der Waals surface area contributed by atoms with Crippen molar-refractivity contribution in [3.63, 3.8) is 0 Å². The molecule has 0 fully saturated rings. The molecule has 0 bridgehead atoms. The molecule has 0 radical (unpaired) electrons. The van der Waals surface area contributed by atoms with Gasteiger partial charge in [-0.05, 0) is 0 Å². The summed E-state index contributed by atoms with van der Waals surface area (Å²) in [6.45, 7) is 3.31. The van der Waals surface area contributed by atoms with E-state index in [4.69, 9.17) is 5.11 Å². The molecule has 1 nitrogen and oxygen atoms in total. The van der Waals surface area contributed by atoms with Crippen LogP contribution >= 0.6 is 0 Å². The normalized spacial score (nSPS) is 4.17. The minimum atomic E-state index is 0. The molecule has 0 aromatic heterocycles. The van der Waals surface area contributed by atoms with E-state index in [9.17, 15) is 0 Å². The SMILES string of the molecule is C=CCO.[Br-].[Mg+2]. The van der Waals surface area contributed by atoms with E-state index in [1.165, 1.54) is 6.08 Å². The van der Waals surface area contributed by atoms with E-state index in [2.05, 4.69) is 6.58 Å². The number of rotatable bonds is 1. The number of aliphatic hydroxyl groups is 1. The maximum atomic E-state index is 7.76. The molecule has 0 unspecified atom stereocenters. The maximum Gasteiger partial charge on any atom is 2.00 e. The minimum Gasteiger partial charge on any atom is -1.00 e. The van der Waals surface area contributed by atoms with E-state index >= 15 is 0 Å². The van der Waals surface area contributed by atoms with E-state index in [1.807, 2.05) is 0 Å². The van der Waals surface area contributed by atoms with Crippen molar-refractivity contribution in [1.82, 2.24) is 0 Å². The van der Waals surface area contributed by atoms with Gasteiger partial charge in [0.15, 0.2) is 0 Å². The summed E-state index contributed by atoms with van der Waals surface area (Å²) in [5.74, 6) is 0. The summed E-state index contributed by atoms with van der Waals surface area (Å²) >= 11 is 0. The van der Waals surface area contributed by atoms with Crippen molar-refractivity contribution in [2.45, 2.75) is 0 Å². The Hall–Kier alpha value is 0.946. The van der Waals surface area contributed by atoms with Crippen LogP contribution in [0.2, 0.25) is 0 Å². The molecule has 3 heteroatoms. The monoisotopic (exact) mass is 161 g/mol. The fourth-order valence-electron chi connectivity index (χ4n) is 0. The second kappa shape index (κ2) is 16.8. The van der Waals surface area contributed by atoms with E-state index in [1.54, 1.807) is 0 Å². The second-order valence-corrected chi connectivity index (χ2v) is 0.471. The van der Waals surface area contributed by atoms with Crippen molar-refractivity contribution in [3.05, 3.63) is 12.7 Å². The van der Waals surface area contributed by atoms with Gasteiger partial charge in [0, 0.05) is 0 Å². The summed E-state index contributed by atoms with van der Waals surface area (Å²) in [7, 11) is 0. The van der Waals surface area contributed by atoms with Gasteiger partial charge in [0.25, 0.3) is 0 Å². The molecule has 0 aliphatic carbocycles. The quantitative estimate of drug-likeness (QED) is 0.318. The van der Waals surface area contributed by atoms with Gasteiger partial charge in [0.05, 0.1) is 6.61 Å². The van der Waals surface area contributed by atoms with Crippen molar-refractivity contribution in [2.75, 3.05) is 6.61 Å². The molecule has 0 aliphatic rings. The molecule has 6 heavy (non-hydrogen) atoms. The number of aliphatic hydroxyl groups excluding tert-OH is 1. The van der Waals surface area contributed by atoms with Crippen LogP contribution in [0.15, 0.2) is 12.7 Å². The molecule has 0 heterocycles. The van der Waals surface area contributed by atoms with E-state index in [-0.39, 0.29) is 46.6 Å². The molecule has 0 aliphatic heterocycles. The summed E-state index contributed by atoms with van der Waals surface area (Å²) in [6.07, 6.45) is 1.43. The average molecular weight is 162 g/mol. The Morgan fingerprint density at radius 2 is 1.83 bits per heavy atom. The van der Waals surface area contributed by atoms with Gasteiger partial charge in [-0.25, -0.2) is 0 Å². The summed E-state index contributed by atoms with van der Waals surface area (Å²) < 4.78 is 0. The summed E-state index contributed by atoms with van der Waals surface area (Å²) in [5.41, 5.74) is 0. The standard InChI is InChI=1S/C3H6O.BrH.Mg/c1-2-3-4;;/h2,4H,1,3H2;1H;/q;;+2/p-1. The van der Waals surface area contributed by atoms with Gasteiger partial charge >= 0.3 is 23.1 Å². The largest absolute Gasteiger partial charge is 2.00 e. The first-order chi connectivity index (χ1) is 1.91. The van der Waals surface area contributed by atoms with E-state index < -0.39 is 0 Å². The summed E-state index contributed by atoms with van der Waals surface area (Å²) in [6, 6.07) is 0. The van der Waals surface area contributed by atoms with Crippen molar-refractivity contribution in [1.29, 1.82) is 0 Å². The smallest absolute Gasteiger partial charge is 1.00 e. The Morgan fingerprint density at radius 1 is 1.67 bits per heavy atom. The van der Waals surface area contributed by atoms with Gasteiger partial charge in [-0.1, -0.05) is 6.08 Å². The van der Waals surface area contributed by atoms with Crippen molar-refractivity contribution in [3.8, 4) is 0 Å². The van der Waals surface area contributed by atoms with Crippen molar-refractivity contribution < 1.29 is 22.1 Å². The Labute approximate surface area is 64.4 Å². The third-order valence-electron chi connectivity index (χ3n) is 0.129. The van der Waals surface area contributed by atoms with Crippen LogP contribution in [0.25, 0.3) is 0 Å². The van der Waals surface area contributed by atoms with Gasteiger partial charge in [0.2, 0.25) is 0 Å². The van der Waals surface area contributed by atoms with Gasteiger partial charge < -0.3 is 22.1 Å². The molecular weight excluding hydrogens is 156 g/mol. The Bertz CT molecular complexity index is 24.8. The molecule has 0 rings (SSSR count). The predicted octanol–water partition coefficient (Wildman–Crippen LogP) is -3.21. The Morgan fingerprint density at radius 3 is 1.83 bits per heavy atom. The zero-order valence-corrected chi connectivity index (χ0v) is 6.52. The third kappa shape index (κ3) is 20.3. The molecule has 0 amide bonds. The first kappa shape index (κ1) is 15.8. The van der Waals surface area contributed by atoms with E-state index in [0.717, 1.165) is 0 Å². The fourth-order valence-corrected chi connectivity index (χ4v) is 0. The average Bonchev–Trinajstić information content (AvgIpc) is 1.37. The van der Waals surface area contributed by atoms with Crippen LogP contribution in [0.3, 0.4) is 0 Å². The molecular formula is C3H6BrMgO+. The number of halogens is 1. The summed E-state index contributed by atoms with van der Waals surface area (Å²) in [4.78, 5) is 0. The Kier molecular flexibility index (Phi) is 44.1. The van der Waals surface area contributed by atoms with Crippen LogP contribution in [-0.2, 0) is 0 Å². The fraction of sp³-hybridized carbons (Fsp3) is 0.333. The van der Waals surface area contributed by atoms with Crippen LogP contribution in [0, 0.1) is 0 Å². The number of hydrogen-bond acceptors (Lipinski definition) is 1. The van der Waals surface area contributed by atoms with Gasteiger partial charge in [-0.15, -0.1) is 6.58 Å². The molecule has 0 atom stereocenters. The first-order valence-electron chi connectivity index (χ1n) is 1.13. The van der Waals surface area contributed by atoms with Gasteiger partial charge in [-0.2, -0.15) is 0 Å². The molecule has 0 saturated heterocycles. The molecule has 0 spiro atoms. The first-order valence-corrected chi connectivity index (χ1v) is 1.13. The zero-order chi connectivity index (χ0) is 3.41. The second-order valence-electron chi connectivity index (χ2n) is 0.471. The van der Waals surface area contributed by atoms with E-state index in [0.29, 0.717) is 0 Å². The van der Waals surface area contributed by atoms with Gasteiger partial charge in [-0.3, -0.25) is 0 Å². The van der Waals surface area contributed by atoms with Crippen LogP contribution < -0.4 is 17.0 Å². The van der Waals surface area contributed by atoms with Gasteiger partial charge in [0.1, 0.15) is 0 Å². The third-order valence-corrected chi connectivity index (χ3v) is 0.129. The van der Waals surface area contributed by atoms with Crippen molar-refractivity contribution >= 4 is 23.1 Å². The molecule has 0 aromatic rings. The predicted molar refractivity (Wildman–Crippen MR) is 23.0 cm³/mol. The van der Waals surface area contributed by atoms with Crippen LogP contribution in [0.1, 0.15) is 0 Å². The minimum absolute atomic E-state index is 0. The molecule has 0 aromatic carbocycles. The Balaban J connectivity index is -0.0000000450. The van der Waals surface area contributed by atoms with Crippen LogP contribution in [0.4, 0.5) is 0 Å². The zero-order valence-electron chi connectivity index (χ0n) is 3.52. The van der Waals surface area contributed by atoms with Crippen LogP contribution in [-0.4, -0.2) is 34.8 Å². The molecule has 0 saturated carbocycles. The van der Waals surface area contributed by atoms with Crippen molar-refractivity contribution in [2.24, 2.45) is 0 Å². The summed E-state index contributed by atoms with van der Waals surface area (Å²) in [5, 5.41) is 7.76. The topological polar surface area (TPSA) is 20.2 Å². The molecule has 32 valence electrons.